The summed E-state index contributed by atoms with van der Waals surface area (Å²) in [6, 6.07) is 0. The zero-order valence-corrected chi connectivity index (χ0v) is 7.25. The summed E-state index contributed by atoms with van der Waals surface area (Å²) in [4.78, 5) is 12.7. The van der Waals surface area contributed by atoms with E-state index in [-0.39, 0.29) is 5.92 Å². The molecule has 1 aliphatic heterocycles. The third-order valence-corrected chi connectivity index (χ3v) is 2.33. The highest BCUT2D eigenvalue weighted by molar-refractivity contribution is 5.52. The topological polar surface area (TPSA) is 20.3 Å². The average Bonchev–Trinajstić information content (AvgIpc) is 2.52. The van der Waals surface area contributed by atoms with Gasteiger partial charge in [0.1, 0.15) is 6.29 Å². The summed E-state index contributed by atoms with van der Waals surface area (Å²) in [5, 5.41) is 0. The molecule has 0 saturated carbocycles. The molecule has 0 aliphatic carbocycles. The molecule has 0 N–H and O–H groups in total. The minimum absolute atomic E-state index is 0.246. The molecule has 1 saturated heterocycles. The number of carbonyl (C=O) groups excluding carboxylic acids is 1. The average molecular weight is 155 g/mol. The Morgan fingerprint density at radius 2 is 2.09 bits per heavy atom. The fraction of sp³-hybridized carbons (Fsp3) is 0.889. The van der Waals surface area contributed by atoms with Gasteiger partial charge in [-0.2, -0.15) is 0 Å². The molecule has 2 heteroatoms. The third kappa shape index (κ3) is 3.02. The zero-order chi connectivity index (χ0) is 8.10. The second kappa shape index (κ2) is 4.50. The van der Waals surface area contributed by atoms with Gasteiger partial charge in [-0.25, -0.2) is 0 Å². The third-order valence-electron chi connectivity index (χ3n) is 2.33. The lowest BCUT2D eigenvalue weighted by molar-refractivity contribution is -0.110. The zero-order valence-electron chi connectivity index (χ0n) is 7.25. The molecule has 1 rings (SSSR count). The molecule has 0 bridgehead atoms. The maximum absolute atomic E-state index is 10.3. The van der Waals surface area contributed by atoms with Crippen molar-refractivity contribution in [3.63, 3.8) is 0 Å². The highest BCUT2D eigenvalue weighted by Gasteiger charge is 2.11. The molecule has 1 aliphatic rings. The van der Waals surface area contributed by atoms with Crippen molar-refractivity contribution < 1.29 is 4.79 Å². The summed E-state index contributed by atoms with van der Waals surface area (Å²) < 4.78 is 0. The molecule has 0 aromatic heterocycles. The van der Waals surface area contributed by atoms with E-state index < -0.39 is 0 Å². The van der Waals surface area contributed by atoms with Gasteiger partial charge in [0.25, 0.3) is 0 Å². The summed E-state index contributed by atoms with van der Waals surface area (Å²) in [6.07, 6.45) is 4.77. The molecule has 2 nitrogen and oxygen atoms in total. The van der Waals surface area contributed by atoms with E-state index in [2.05, 4.69) is 4.90 Å². The summed E-state index contributed by atoms with van der Waals surface area (Å²) >= 11 is 0. The Hall–Kier alpha value is -0.370. The van der Waals surface area contributed by atoms with Crippen LogP contribution in [-0.2, 0) is 4.79 Å². The van der Waals surface area contributed by atoms with Crippen molar-refractivity contribution in [2.45, 2.75) is 26.2 Å². The van der Waals surface area contributed by atoms with Gasteiger partial charge in [-0.15, -0.1) is 0 Å². The Labute approximate surface area is 68.6 Å². The number of hydrogen-bond acceptors (Lipinski definition) is 2. The van der Waals surface area contributed by atoms with Crippen LogP contribution in [0.25, 0.3) is 0 Å². The van der Waals surface area contributed by atoms with Crippen LogP contribution in [0.3, 0.4) is 0 Å². The van der Waals surface area contributed by atoms with E-state index >= 15 is 0 Å². The van der Waals surface area contributed by atoms with Crippen molar-refractivity contribution >= 4 is 6.29 Å². The van der Waals surface area contributed by atoms with Gasteiger partial charge in [-0.05, 0) is 38.9 Å². The molecule has 11 heavy (non-hydrogen) atoms. The number of nitrogens with zero attached hydrogens (tertiary/aromatic N) is 1. The van der Waals surface area contributed by atoms with Crippen LogP contribution in [0.15, 0.2) is 0 Å². The van der Waals surface area contributed by atoms with Gasteiger partial charge in [0, 0.05) is 5.92 Å². The Morgan fingerprint density at radius 3 is 2.64 bits per heavy atom. The number of rotatable bonds is 4. The van der Waals surface area contributed by atoms with Crippen LogP contribution >= 0.6 is 0 Å². The number of likely N-dealkylation sites (tertiary alicyclic amines) is 1. The Morgan fingerprint density at radius 1 is 1.45 bits per heavy atom. The molecule has 0 radical (unpaired) electrons. The standard InChI is InChI=1S/C9H17NO/c1-9(8-11)4-7-10-5-2-3-6-10/h8-9H,2-7H2,1H3. The highest BCUT2D eigenvalue weighted by atomic mass is 16.1. The molecule has 64 valence electrons. The predicted octanol–water partition coefficient (Wildman–Crippen LogP) is 1.31. The van der Waals surface area contributed by atoms with Crippen molar-refractivity contribution in [1.82, 2.24) is 4.90 Å². The first-order chi connectivity index (χ1) is 5.33. The van der Waals surface area contributed by atoms with Gasteiger partial charge >= 0.3 is 0 Å². The van der Waals surface area contributed by atoms with E-state index in [9.17, 15) is 4.79 Å². The van der Waals surface area contributed by atoms with Gasteiger partial charge < -0.3 is 9.69 Å². The van der Waals surface area contributed by atoms with Crippen molar-refractivity contribution in [1.29, 1.82) is 0 Å². The van der Waals surface area contributed by atoms with E-state index in [4.69, 9.17) is 0 Å². The van der Waals surface area contributed by atoms with E-state index in [0.717, 1.165) is 19.3 Å². The normalized spacial score (nSPS) is 21.9. The van der Waals surface area contributed by atoms with E-state index in [0.29, 0.717) is 0 Å². The smallest absolute Gasteiger partial charge is 0.122 e. The van der Waals surface area contributed by atoms with E-state index in [1.807, 2.05) is 6.92 Å². The lowest BCUT2D eigenvalue weighted by atomic mass is 10.1. The van der Waals surface area contributed by atoms with Crippen LogP contribution in [0.2, 0.25) is 0 Å². The van der Waals surface area contributed by atoms with Crippen LogP contribution in [0.5, 0.6) is 0 Å². The summed E-state index contributed by atoms with van der Waals surface area (Å²) in [7, 11) is 0. The Kier molecular flexibility index (Phi) is 3.57. The van der Waals surface area contributed by atoms with Gasteiger partial charge in [0.05, 0.1) is 0 Å². The predicted molar refractivity (Wildman–Crippen MR) is 45.5 cm³/mol. The Bertz CT molecular complexity index is 119. The minimum atomic E-state index is 0.246. The fourth-order valence-corrected chi connectivity index (χ4v) is 1.46. The quantitative estimate of drug-likeness (QED) is 0.570. The molecule has 1 atom stereocenters. The van der Waals surface area contributed by atoms with Crippen molar-refractivity contribution in [3.05, 3.63) is 0 Å². The SMILES string of the molecule is CC(C=O)CCN1CCCC1. The second-order valence-corrected chi connectivity index (χ2v) is 3.45. The van der Waals surface area contributed by atoms with Crippen LogP contribution in [0, 0.1) is 5.92 Å². The minimum Gasteiger partial charge on any atom is -0.303 e. The Balaban J connectivity index is 2.06. The lowest BCUT2D eigenvalue weighted by Gasteiger charge is -2.14. The summed E-state index contributed by atoms with van der Waals surface area (Å²) in [5.74, 6) is 0.246. The summed E-state index contributed by atoms with van der Waals surface area (Å²) in [6.45, 7) is 5.58. The first-order valence-electron chi connectivity index (χ1n) is 4.50. The number of hydrogen-bond donors (Lipinski definition) is 0. The van der Waals surface area contributed by atoms with Crippen molar-refractivity contribution in [3.8, 4) is 0 Å². The first kappa shape index (κ1) is 8.72. The van der Waals surface area contributed by atoms with Crippen LogP contribution < -0.4 is 0 Å². The number of aldehydes is 1. The monoisotopic (exact) mass is 155 g/mol. The molecular formula is C9H17NO. The van der Waals surface area contributed by atoms with Crippen LogP contribution in [0.4, 0.5) is 0 Å². The maximum Gasteiger partial charge on any atom is 0.122 e. The molecule has 0 spiro atoms. The van der Waals surface area contributed by atoms with Gasteiger partial charge in [0.15, 0.2) is 0 Å². The van der Waals surface area contributed by atoms with E-state index in [1.54, 1.807) is 0 Å². The van der Waals surface area contributed by atoms with Crippen LogP contribution in [0.1, 0.15) is 26.2 Å². The first-order valence-corrected chi connectivity index (χ1v) is 4.50. The molecule has 1 heterocycles. The second-order valence-electron chi connectivity index (χ2n) is 3.45. The fourth-order valence-electron chi connectivity index (χ4n) is 1.46. The molecule has 0 aromatic carbocycles. The lowest BCUT2D eigenvalue weighted by Crippen LogP contribution is -2.22. The molecular weight excluding hydrogens is 138 g/mol. The highest BCUT2D eigenvalue weighted by Crippen LogP contribution is 2.09. The largest absolute Gasteiger partial charge is 0.303 e. The molecule has 0 amide bonds. The summed E-state index contributed by atoms with van der Waals surface area (Å²) in [5.41, 5.74) is 0. The van der Waals surface area contributed by atoms with E-state index in [1.165, 1.54) is 25.9 Å². The van der Waals surface area contributed by atoms with Gasteiger partial charge in [-0.1, -0.05) is 6.92 Å². The molecule has 1 unspecified atom stereocenters. The molecule has 0 aromatic rings. The van der Waals surface area contributed by atoms with Gasteiger partial charge in [0.2, 0.25) is 0 Å². The maximum atomic E-state index is 10.3. The van der Waals surface area contributed by atoms with Crippen LogP contribution in [-0.4, -0.2) is 30.8 Å². The van der Waals surface area contributed by atoms with Gasteiger partial charge in [-0.3, -0.25) is 0 Å². The van der Waals surface area contributed by atoms with Crippen molar-refractivity contribution in [2.75, 3.05) is 19.6 Å². The molecule has 1 fully saturated rings. The van der Waals surface area contributed by atoms with Crippen molar-refractivity contribution in [2.24, 2.45) is 5.92 Å². The number of carbonyl (C=O) groups is 1.